The van der Waals surface area contributed by atoms with Crippen LogP contribution < -0.4 is 5.32 Å². The molecule has 0 saturated heterocycles. The largest absolute Gasteiger partial charge is 0.443 e. The molecule has 3 aromatic rings. The van der Waals surface area contributed by atoms with E-state index in [0.29, 0.717) is 19.0 Å². The standard InChI is InChI=1S/C21H28N6O.HI/c1-21(2,3)18-12-23-19(28-18)13-24-20(22-4)26(5)14-16-11-25-27(15-16)17-9-7-6-8-10-17;/h6-12,15H,13-14H2,1-5H3,(H,22,24);1H. The fourth-order valence-electron chi connectivity index (χ4n) is 2.79. The first kappa shape index (κ1) is 22.9. The number of aliphatic imine (C=N–C) groups is 1. The Kier molecular flexibility index (Phi) is 7.83. The van der Waals surface area contributed by atoms with Crippen LogP contribution in [0.25, 0.3) is 5.69 Å². The summed E-state index contributed by atoms with van der Waals surface area (Å²) in [5.74, 6) is 2.29. The first-order valence-electron chi connectivity index (χ1n) is 9.33. The fraction of sp³-hybridized carbons (Fsp3) is 0.381. The maximum atomic E-state index is 5.83. The molecule has 3 rings (SSSR count). The van der Waals surface area contributed by atoms with Crippen LogP contribution >= 0.6 is 24.0 Å². The summed E-state index contributed by atoms with van der Waals surface area (Å²) in [4.78, 5) is 10.7. The van der Waals surface area contributed by atoms with Crippen molar-refractivity contribution in [2.75, 3.05) is 14.1 Å². The normalized spacial score (nSPS) is 11.8. The number of benzene rings is 1. The number of nitrogens with zero attached hydrogens (tertiary/aromatic N) is 5. The summed E-state index contributed by atoms with van der Waals surface area (Å²) >= 11 is 0. The van der Waals surface area contributed by atoms with Crippen molar-refractivity contribution in [3.8, 4) is 5.69 Å². The van der Waals surface area contributed by atoms with Crippen LogP contribution in [0.3, 0.4) is 0 Å². The van der Waals surface area contributed by atoms with Gasteiger partial charge in [-0.25, -0.2) is 9.67 Å². The summed E-state index contributed by atoms with van der Waals surface area (Å²) < 4.78 is 7.71. The minimum atomic E-state index is -0.0529. The maximum absolute atomic E-state index is 5.83. The molecule has 156 valence electrons. The molecule has 2 aromatic heterocycles. The molecule has 0 spiro atoms. The van der Waals surface area contributed by atoms with Crippen LogP contribution in [-0.2, 0) is 18.5 Å². The summed E-state index contributed by atoms with van der Waals surface area (Å²) in [6.45, 7) is 7.48. The number of aromatic nitrogens is 3. The average Bonchev–Trinajstić information content (AvgIpc) is 3.32. The van der Waals surface area contributed by atoms with Gasteiger partial charge in [0.15, 0.2) is 5.96 Å². The van der Waals surface area contributed by atoms with Crippen LogP contribution in [0, 0.1) is 0 Å². The van der Waals surface area contributed by atoms with E-state index < -0.39 is 0 Å². The highest BCUT2D eigenvalue weighted by atomic mass is 127. The van der Waals surface area contributed by atoms with Gasteiger partial charge in [0.05, 0.1) is 24.6 Å². The SMILES string of the molecule is CN=C(NCc1ncc(C(C)(C)C)o1)N(C)Cc1cnn(-c2ccccc2)c1.I. The number of guanidine groups is 1. The van der Waals surface area contributed by atoms with Crippen molar-refractivity contribution in [3.05, 3.63) is 66.1 Å². The van der Waals surface area contributed by atoms with E-state index in [9.17, 15) is 0 Å². The molecule has 29 heavy (non-hydrogen) atoms. The van der Waals surface area contributed by atoms with Crippen molar-refractivity contribution >= 4 is 29.9 Å². The molecule has 0 aliphatic carbocycles. The highest BCUT2D eigenvalue weighted by molar-refractivity contribution is 14.0. The molecule has 2 heterocycles. The van der Waals surface area contributed by atoms with Crippen molar-refractivity contribution in [3.63, 3.8) is 0 Å². The molecule has 0 aliphatic rings. The second-order valence-electron chi connectivity index (χ2n) is 7.75. The van der Waals surface area contributed by atoms with Crippen LogP contribution in [0.15, 0.2) is 58.3 Å². The van der Waals surface area contributed by atoms with Gasteiger partial charge in [-0.05, 0) is 12.1 Å². The Morgan fingerprint density at radius 2 is 1.93 bits per heavy atom. The molecule has 0 unspecified atom stereocenters. The predicted octanol–water partition coefficient (Wildman–Crippen LogP) is 3.98. The number of hydrogen-bond donors (Lipinski definition) is 1. The number of hydrogen-bond acceptors (Lipinski definition) is 4. The number of halogens is 1. The van der Waals surface area contributed by atoms with E-state index in [1.807, 2.05) is 59.4 Å². The van der Waals surface area contributed by atoms with Crippen molar-refractivity contribution in [1.82, 2.24) is 25.0 Å². The van der Waals surface area contributed by atoms with Gasteiger partial charge in [-0.15, -0.1) is 24.0 Å². The van der Waals surface area contributed by atoms with E-state index in [0.717, 1.165) is 23.0 Å². The number of oxazole rings is 1. The van der Waals surface area contributed by atoms with Gasteiger partial charge in [0.2, 0.25) is 5.89 Å². The number of nitrogens with one attached hydrogen (secondary N) is 1. The maximum Gasteiger partial charge on any atom is 0.213 e. The van der Waals surface area contributed by atoms with Gasteiger partial charge in [0.1, 0.15) is 5.76 Å². The highest BCUT2D eigenvalue weighted by Gasteiger charge is 2.19. The van der Waals surface area contributed by atoms with E-state index >= 15 is 0 Å². The van der Waals surface area contributed by atoms with Gasteiger partial charge in [0, 0.05) is 37.8 Å². The molecule has 0 amide bonds. The van der Waals surface area contributed by atoms with Crippen LogP contribution in [0.4, 0.5) is 0 Å². The number of rotatable bonds is 5. The Morgan fingerprint density at radius 3 is 2.55 bits per heavy atom. The Labute approximate surface area is 189 Å². The van der Waals surface area contributed by atoms with Crippen LogP contribution in [0.2, 0.25) is 0 Å². The van der Waals surface area contributed by atoms with Crippen molar-refractivity contribution in [1.29, 1.82) is 0 Å². The Bertz CT molecular complexity index is 926. The third kappa shape index (κ3) is 6.06. The van der Waals surface area contributed by atoms with Gasteiger partial charge in [-0.1, -0.05) is 39.0 Å². The minimum absolute atomic E-state index is 0. The predicted molar refractivity (Wildman–Crippen MR) is 126 cm³/mol. The van der Waals surface area contributed by atoms with Gasteiger partial charge >= 0.3 is 0 Å². The first-order valence-corrected chi connectivity index (χ1v) is 9.33. The lowest BCUT2D eigenvalue weighted by atomic mass is 9.94. The lowest BCUT2D eigenvalue weighted by Gasteiger charge is -2.21. The quantitative estimate of drug-likeness (QED) is 0.321. The first-order chi connectivity index (χ1) is 13.4. The molecule has 0 saturated carbocycles. The summed E-state index contributed by atoms with van der Waals surface area (Å²) in [6.07, 6.45) is 5.70. The molecular formula is C21H29IN6O. The molecule has 1 N–H and O–H groups in total. The summed E-state index contributed by atoms with van der Waals surface area (Å²) in [5.41, 5.74) is 2.08. The van der Waals surface area contributed by atoms with Crippen molar-refractivity contribution in [2.45, 2.75) is 39.3 Å². The third-order valence-corrected chi connectivity index (χ3v) is 4.34. The van der Waals surface area contributed by atoms with E-state index in [1.54, 1.807) is 13.2 Å². The van der Waals surface area contributed by atoms with Gasteiger partial charge in [-0.2, -0.15) is 5.10 Å². The van der Waals surface area contributed by atoms with Gasteiger partial charge in [0.25, 0.3) is 0 Å². The van der Waals surface area contributed by atoms with E-state index in [2.05, 4.69) is 41.2 Å². The van der Waals surface area contributed by atoms with E-state index in [4.69, 9.17) is 4.42 Å². The molecular weight excluding hydrogens is 479 g/mol. The van der Waals surface area contributed by atoms with Gasteiger partial charge in [-0.3, -0.25) is 4.99 Å². The molecule has 0 atom stereocenters. The summed E-state index contributed by atoms with van der Waals surface area (Å²) in [7, 11) is 3.76. The van der Waals surface area contributed by atoms with Crippen LogP contribution in [0.1, 0.15) is 38.0 Å². The second-order valence-corrected chi connectivity index (χ2v) is 7.75. The monoisotopic (exact) mass is 508 g/mol. The van der Waals surface area contributed by atoms with Crippen molar-refractivity contribution < 1.29 is 4.42 Å². The Morgan fingerprint density at radius 1 is 1.21 bits per heavy atom. The molecule has 7 nitrogen and oxygen atoms in total. The summed E-state index contributed by atoms with van der Waals surface area (Å²) in [6, 6.07) is 10.1. The zero-order chi connectivity index (χ0) is 20.1. The van der Waals surface area contributed by atoms with Crippen LogP contribution in [-0.4, -0.2) is 39.7 Å². The van der Waals surface area contributed by atoms with E-state index in [1.165, 1.54) is 0 Å². The zero-order valence-corrected chi connectivity index (χ0v) is 19.9. The Hall–Kier alpha value is -2.36. The van der Waals surface area contributed by atoms with E-state index in [-0.39, 0.29) is 29.4 Å². The molecule has 0 radical (unpaired) electrons. The number of para-hydroxylation sites is 1. The molecule has 0 fully saturated rings. The lowest BCUT2D eigenvalue weighted by Crippen LogP contribution is -2.38. The van der Waals surface area contributed by atoms with Crippen LogP contribution in [0.5, 0.6) is 0 Å². The average molecular weight is 508 g/mol. The zero-order valence-electron chi connectivity index (χ0n) is 17.6. The summed E-state index contributed by atoms with van der Waals surface area (Å²) in [5, 5.41) is 7.75. The molecule has 8 heteroatoms. The minimum Gasteiger partial charge on any atom is -0.443 e. The molecule has 1 aromatic carbocycles. The van der Waals surface area contributed by atoms with Gasteiger partial charge < -0.3 is 14.6 Å². The second kappa shape index (κ2) is 9.91. The topological polar surface area (TPSA) is 71.5 Å². The molecule has 0 bridgehead atoms. The highest BCUT2D eigenvalue weighted by Crippen LogP contribution is 2.22. The fourth-order valence-corrected chi connectivity index (χ4v) is 2.79. The molecule has 0 aliphatic heterocycles. The Balaban J connectivity index is 0.00000300. The van der Waals surface area contributed by atoms with Crippen molar-refractivity contribution in [2.24, 2.45) is 4.99 Å². The smallest absolute Gasteiger partial charge is 0.213 e. The lowest BCUT2D eigenvalue weighted by molar-refractivity contribution is 0.376. The third-order valence-electron chi connectivity index (χ3n) is 4.34.